The molecule has 108 valence electrons. The topological polar surface area (TPSA) is 75.6 Å². The summed E-state index contributed by atoms with van der Waals surface area (Å²) in [5, 5.41) is 8.98. The summed E-state index contributed by atoms with van der Waals surface area (Å²) in [5.41, 5.74) is 0.655. The fourth-order valence-corrected chi connectivity index (χ4v) is 3.66. The van der Waals surface area contributed by atoms with Crippen LogP contribution in [0.15, 0.2) is 27.6 Å². The van der Waals surface area contributed by atoms with Crippen molar-refractivity contribution in [1.82, 2.24) is 4.72 Å². The van der Waals surface area contributed by atoms with E-state index in [1.807, 2.05) is 6.92 Å². The molecule has 2 N–H and O–H groups in total. The van der Waals surface area contributed by atoms with Gasteiger partial charge in [0.15, 0.2) is 0 Å². The minimum absolute atomic E-state index is 0.124. The number of aliphatic hydroxyl groups excluding tert-OH is 1. The van der Waals surface area contributed by atoms with E-state index in [1.54, 1.807) is 12.1 Å². The smallest absolute Gasteiger partial charge is 0.241 e. The number of benzene rings is 1. The van der Waals surface area contributed by atoms with Crippen molar-refractivity contribution in [2.75, 3.05) is 19.8 Å². The zero-order chi connectivity index (χ0) is 14.3. The molecule has 0 aliphatic rings. The minimum atomic E-state index is -3.54. The van der Waals surface area contributed by atoms with Crippen LogP contribution in [-0.2, 0) is 21.4 Å². The third kappa shape index (κ3) is 5.19. The molecule has 0 spiro atoms. The highest BCUT2D eigenvalue weighted by Crippen LogP contribution is 2.23. The first-order valence-corrected chi connectivity index (χ1v) is 8.25. The Morgan fingerprint density at radius 3 is 2.74 bits per heavy atom. The fourth-order valence-electron chi connectivity index (χ4n) is 1.46. The van der Waals surface area contributed by atoms with E-state index < -0.39 is 10.0 Å². The Morgan fingerprint density at radius 2 is 2.16 bits per heavy atom. The van der Waals surface area contributed by atoms with Crippen LogP contribution in [0.4, 0.5) is 0 Å². The van der Waals surface area contributed by atoms with Crippen molar-refractivity contribution in [3.05, 3.63) is 28.2 Å². The van der Waals surface area contributed by atoms with E-state index in [-0.39, 0.29) is 11.5 Å². The van der Waals surface area contributed by atoms with Crippen LogP contribution in [-0.4, -0.2) is 33.3 Å². The molecule has 0 radical (unpaired) electrons. The first kappa shape index (κ1) is 16.6. The van der Waals surface area contributed by atoms with Crippen LogP contribution in [0.25, 0.3) is 0 Å². The van der Waals surface area contributed by atoms with Crippen molar-refractivity contribution in [3.63, 3.8) is 0 Å². The van der Waals surface area contributed by atoms with E-state index in [9.17, 15) is 8.42 Å². The molecule has 0 unspecified atom stereocenters. The number of hydrogen-bond donors (Lipinski definition) is 2. The average Bonchev–Trinajstić information content (AvgIpc) is 2.37. The van der Waals surface area contributed by atoms with Crippen molar-refractivity contribution < 1.29 is 18.3 Å². The van der Waals surface area contributed by atoms with E-state index >= 15 is 0 Å². The van der Waals surface area contributed by atoms with Crippen molar-refractivity contribution >= 4 is 26.0 Å². The summed E-state index contributed by atoms with van der Waals surface area (Å²) in [6, 6.07) is 4.65. The Morgan fingerprint density at radius 1 is 1.42 bits per heavy atom. The molecular weight excluding hydrogens is 334 g/mol. The molecule has 7 heteroatoms. The molecule has 1 aromatic rings. The lowest BCUT2D eigenvalue weighted by Gasteiger charge is -2.09. The molecule has 0 aromatic heterocycles. The van der Waals surface area contributed by atoms with Gasteiger partial charge in [0, 0.05) is 24.2 Å². The predicted molar refractivity (Wildman–Crippen MR) is 76.4 cm³/mol. The van der Waals surface area contributed by atoms with Gasteiger partial charge in [-0.1, -0.05) is 6.07 Å². The molecule has 0 aliphatic heterocycles. The molecule has 1 aromatic carbocycles. The van der Waals surface area contributed by atoms with E-state index in [2.05, 4.69) is 20.7 Å². The fraction of sp³-hybridized carbons (Fsp3) is 0.500. The average molecular weight is 352 g/mol. The summed E-state index contributed by atoms with van der Waals surface area (Å²) in [6.45, 7) is 3.26. The Bertz CT molecular complexity index is 504. The lowest BCUT2D eigenvalue weighted by Crippen LogP contribution is -2.26. The molecule has 5 nitrogen and oxygen atoms in total. The van der Waals surface area contributed by atoms with Crippen LogP contribution in [0.2, 0.25) is 0 Å². The van der Waals surface area contributed by atoms with E-state index in [1.165, 1.54) is 6.07 Å². The van der Waals surface area contributed by atoms with Gasteiger partial charge in [-0.15, -0.1) is 0 Å². The predicted octanol–water partition coefficient (Wildman–Crippen LogP) is 1.65. The van der Waals surface area contributed by atoms with Crippen LogP contribution in [0.3, 0.4) is 0 Å². The molecule has 0 aliphatic carbocycles. The Balaban J connectivity index is 2.67. The van der Waals surface area contributed by atoms with Gasteiger partial charge in [0.2, 0.25) is 10.0 Å². The zero-order valence-electron chi connectivity index (χ0n) is 10.7. The molecule has 0 heterocycles. The third-order valence-corrected chi connectivity index (χ3v) is 4.87. The Labute approximate surface area is 122 Å². The summed E-state index contributed by atoms with van der Waals surface area (Å²) >= 11 is 3.20. The maximum absolute atomic E-state index is 12.0. The Kier molecular flexibility index (Phi) is 6.95. The summed E-state index contributed by atoms with van der Waals surface area (Å²) in [6.07, 6.45) is 0.624. The van der Waals surface area contributed by atoms with Gasteiger partial charge in [-0.25, -0.2) is 13.1 Å². The number of hydrogen-bond acceptors (Lipinski definition) is 4. The van der Waals surface area contributed by atoms with Crippen LogP contribution in [0.5, 0.6) is 0 Å². The van der Waals surface area contributed by atoms with Crippen molar-refractivity contribution in [2.24, 2.45) is 0 Å². The van der Waals surface area contributed by atoms with Gasteiger partial charge in [0.1, 0.15) is 0 Å². The van der Waals surface area contributed by atoms with Crippen LogP contribution in [0.1, 0.15) is 18.9 Å². The number of rotatable bonds is 8. The van der Waals surface area contributed by atoms with Gasteiger partial charge < -0.3 is 9.84 Å². The minimum Gasteiger partial charge on any atom is -0.392 e. The van der Waals surface area contributed by atoms with Gasteiger partial charge in [0.05, 0.1) is 11.5 Å². The lowest BCUT2D eigenvalue weighted by molar-refractivity contribution is 0.146. The second kappa shape index (κ2) is 7.96. The van der Waals surface area contributed by atoms with Crippen LogP contribution >= 0.6 is 15.9 Å². The van der Waals surface area contributed by atoms with Crippen molar-refractivity contribution in [3.8, 4) is 0 Å². The van der Waals surface area contributed by atoms with Crippen molar-refractivity contribution in [1.29, 1.82) is 0 Å². The number of nitrogens with one attached hydrogen (secondary N) is 1. The maximum atomic E-state index is 12.0. The molecule has 0 saturated carbocycles. The number of aliphatic hydroxyl groups is 1. The molecule has 0 bridgehead atoms. The number of ether oxygens (including phenoxy) is 1. The molecule has 0 atom stereocenters. The Hall–Kier alpha value is -0.470. The standard InChI is InChI=1S/C12H18BrNO4S/c1-2-18-7-3-6-14-19(16,17)12-5-4-10(9-15)8-11(12)13/h4-5,8,14-15H,2-3,6-7,9H2,1H3. The summed E-state index contributed by atoms with van der Waals surface area (Å²) < 4.78 is 32.2. The van der Waals surface area contributed by atoms with E-state index in [0.717, 1.165) is 0 Å². The summed E-state index contributed by atoms with van der Waals surface area (Å²) in [5.74, 6) is 0. The van der Waals surface area contributed by atoms with Crippen LogP contribution < -0.4 is 4.72 Å². The largest absolute Gasteiger partial charge is 0.392 e. The van der Waals surface area contributed by atoms with E-state index in [4.69, 9.17) is 9.84 Å². The number of halogens is 1. The normalized spacial score (nSPS) is 11.7. The number of sulfonamides is 1. The first-order chi connectivity index (χ1) is 9.01. The van der Waals surface area contributed by atoms with Gasteiger partial charge in [-0.3, -0.25) is 0 Å². The summed E-state index contributed by atoms with van der Waals surface area (Å²) in [4.78, 5) is 0.168. The molecular formula is C12H18BrNO4S. The highest BCUT2D eigenvalue weighted by atomic mass is 79.9. The first-order valence-electron chi connectivity index (χ1n) is 5.98. The van der Waals surface area contributed by atoms with Gasteiger partial charge in [-0.2, -0.15) is 0 Å². The third-order valence-electron chi connectivity index (χ3n) is 2.43. The maximum Gasteiger partial charge on any atom is 0.241 e. The zero-order valence-corrected chi connectivity index (χ0v) is 13.1. The van der Waals surface area contributed by atoms with Gasteiger partial charge >= 0.3 is 0 Å². The molecule has 19 heavy (non-hydrogen) atoms. The molecule has 0 saturated heterocycles. The quantitative estimate of drug-likeness (QED) is 0.698. The molecule has 0 fully saturated rings. The highest BCUT2D eigenvalue weighted by Gasteiger charge is 2.17. The highest BCUT2D eigenvalue weighted by molar-refractivity contribution is 9.10. The molecule has 0 amide bonds. The lowest BCUT2D eigenvalue weighted by atomic mass is 10.2. The van der Waals surface area contributed by atoms with Crippen molar-refractivity contribution in [2.45, 2.75) is 24.8 Å². The molecule has 1 rings (SSSR count). The SMILES string of the molecule is CCOCCCNS(=O)(=O)c1ccc(CO)cc1Br. The summed E-state index contributed by atoms with van der Waals surface area (Å²) in [7, 11) is -3.54. The van der Waals surface area contributed by atoms with Gasteiger partial charge in [-0.05, 0) is 47.0 Å². The second-order valence-electron chi connectivity index (χ2n) is 3.87. The second-order valence-corrected chi connectivity index (χ2v) is 6.46. The van der Waals surface area contributed by atoms with Gasteiger partial charge in [0.25, 0.3) is 0 Å². The monoisotopic (exact) mass is 351 g/mol. The van der Waals surface area contributed by atoms with Crippen LogP contribution in [0, 0.1) is 0 Å². The van der Waals surface area contributed by atoms with E-state index in [0.29, 0.717) is 36.2 Å².